The van der Waals surface area contributed by atoms with Crippen molar-refractivity contribution < 1.29 is 8.42 Å². The molecule has 0 spiro atoms. The Morgan fingerprint density at radius 1 is 0.964 bits per heavy atom. The number of nitrogens with one attached hydrogen (secondary N) is 1. The highest BCUT2D eigenvalue weighted by Crippen LogP contribution is 2.33. The van der Waals surface area contributed by atoms with Crippen LogP contribution in [0.2, 0.25) is 0 Å². The third kappa shape index (κ3) is 2.87. The molecule has 142 valence electrons. The maximum atomic E-state index is 13.1. The summed E-state index contributed by atoms with van der Waals surface area (Å²) in [5.41, 5.74) is 2.82. The lowest BCUT2D eigenvalue weighted by atomic mass is 9.90. The second-order valence-electron chi connectivity index (χ2n) is 7.19. The fourth-order valence-electron chi connectivity index (χ4n) is 4.08. The maximum absolute atomic E-state index is 13.1. The summed E-state index contributed by atoms with van der Waals surface area (Å²) in [6, 6.07) is 15.2. The SMILES string of the molecule is O=S(=O)(c1ccc2ccccc2c1)N1CCC(c2ccnc3[nH]cnc23)CC1. The molecule has 6 nitrogen and oxygen atoms in total. The number of rotatable bonds is 3. The molecule has 0 amide bonds. The highest BCUT2D eigenvalue weighted by molar-refractivity contribution is 7.89. The smallest absolute Gasteiger partial charge is 0.243 e. The Morgan fingerprint density at radius 2 is 1.75 bits per heavy atom. The number of piperidine rings is 1. The molecule has 2 aromatic heterocycles. The number of nitrogens with zero attached hydrogens (tertiary/aromatic N) is 3. The number of imidazole rings is 1. The van der Waals surface area contributed by atoms with E-state index in [0.29, 0.717) is 18.0 Å². The van der Waals surface area contributed by atoms with Gasteiger partial charge in [-0.05, 0) is 53.3 Å². The molecule has 4 aromatic rings. The minimum Gasteiger partial charge on any atom is -0.329 e. The van der Waals surface area contributed by atoms with Crippen LogP contribution >= 0.6 is 0 Å². The number of aromatic amines is 1. The van der Waals surface area contributed by atoms with Crippen LogP contribution in [0.1, 0.15) is 24.3 Å². The van der Waals surface area contributed by atoms with E-state index in [2.05, 4.69) is 15.0 Å². The lowest BCUT2D eigenvalue weighted by molar-refractivity contribution is 0.320. The normalized spacial score (nSPS) is 16.7. The molecule has 0 atom stereocenters. The number of H-pyrrole nitrogens is 1. The number of sulfonamides is 1. The largest absolute Gasteiger partial charge is 0.329 e. The lowest BCUT2D eigenvalue weighted by Gasteiger charge is -2.31. The predicted octanol–water partition coefficient (Wildman–Crippen LogP) is 3.68. The molecule has 0 bridgehead atoms. The Labute approximate surface area is 163 Å². The number of fused-ring (bicyclic) bond motifs is 2. The van der Waals surface area contributed by atoms with Gasteiger partial charge in [0.2, 0.25) is 10.0 Å². The van der Waals surface area contributed by atoms with Gasteiger partial charge in [0.05, 0.1) is 11.2 Å². The van der Waals surface area contributed by atoms with Crippen molar-refractivity contribution in [3.63, 3.8) is 0 Å². The highest BCUT2D eigenvalue weighted by Gasteiger charge is 2.31. The van der Waals surface area contributed by atoms with Crippen LogP contribution in [-0.2, 0) is 10.0 Å². The second-order valence-corrected chi connectivity index (χ2v) is 9.13. The van der Waals surface area contributed by atoms with E-state index in [9.17, 15) is 8.42 Å². The van der Waals surface area contributed by atoms with Crippen LogP contribution in [0, 0.1) is 0 Å². The molecule has 0 saturated carbocycles. The molecule has 1 aliphatic rings. The Kier molecular flexibility index (Phi) is 4.14. The Morgan fingerprint density at radius 3 is 2.57 bits per heavy atom. The molecular weight excluding hydrogens is 372 g/mol. The quantitative estimate of drug-likeness (QED) is 0.577. The van der Waals surface area contributed by atoms with Crippen molar-refractivity contribution in [3.8, 4) is 0 Å². The van der Waals surface area contributed by atoms with Gasteiger partial charge in [-0.2, -0.15) is 4.31 Å². The van der Waals surface area contributed by atoms with Gasteiger partial charge in [-0.3, -0.25) is 0 Å². The van der Waals surface area contributed by atoms with Gasteiger partial charge in [-0.25, -0.2) is 18.4 Å². The first kappa shape index (κ1) is 17.3. The summed E-state index contributed by atoms with van der Waals surface area (Å²) in [7, 11) is -3.49. The molecule has 0 aliphatic carbocycles. The summed E-state index contributed by atoms with van der Waals surface area (Å²) in [4.78, 5) is 12.1. The van der Waals surface area contributed by atoms with Crippen molar-refractivity contribution in [1.82, 2.24) is 19.3 Å². The van der Waals surface area contributed by atoms with Gasteiger partial charge in [-0.1, -0.05) is 30.3 Å². The first-order valence-electron chi connectivity index (χ1n) is 9.40. The molecule has 1 N–H and O–H groups in total. The molecule has 0 unspecified atom stereocenters. The lowest BCUT2D eigenvalue weighted by Crippen LogP contribution is -2.37. The van der Waals surface area contributed by atoms with Crippen molar-refractivity contribution >= 4 is 32.0 Å². The molecule has 0 radical (unpaired) electrons. The molecule has 3 heterocycles. The monoisotopic (exact) mass is 392 g/mol. The zero-order valence-corrected chi connectivity index (χ0v) is 16.1. The molecule has 7 heteroatoms. The summed E-state index contributed by atoms with van der Waals surface area (Å²) in [5.74, 6) is 0.289. The fraction of sp³-hybridized carbons (Fsp3) is 0.238. The van der Waals surface area contributed by atoms with Crippen LogP contribution in [0.15, 0.2) is 66.0 Å². The number of hydrogen-bond donors (Lipinski definition) is 1. The number of hydrogen-bond acceptors (Lipinski definition) is 4. The molecule has 28 heavy (non-hydrogen) atoms. The van der Waals surface area contributed by atoms with E-state index in [1.165, 1.54) is 0 Å². The summed E-state index contributed by atoms with van der Waals surface area (Å²) < 4.78 is 27.9. The van der Waals surface area contributed by atoms with Gasteiger partial charge in [0, 0.05) is 19.3 Å². The Balaban J connectivity index is 1.38. The van der Waals surface area contributed by atoms with Gasteiger partial charge in [0.25, 0.3) is 0 Å². The average molecular weight is 392 g/mol. The third-order valence-electron chi connectivity index (χ3n) is 5.60. The van der Waals surface area contributed by atoms with Crippen LogP contribution in [0.3, 0.4) is 0 Å². The number of benzene rings is 2. The van der Waals surface area contributed by atoms with Gasteiger partial charge in [-0.15, -0.1) is 0 Å². The van der Waals surface area contributed by atoms with Crippen molar-refractivity contribution in [2.24, 2.45) is 0 Å². The van der Waals surface area contributed by atoms with Crippen molar-refractivity contribution in [1.29, 1.82) is 0 Å². The number of pyridine rings is 1. The zero-order chi connectivity index (χ0) is 19.1. The highest BCUT2D eigenvalue weighted by atomic mass is 32.2. The van der Waals surface area contributed by atoms with Crippen LogP contribution in [0.25, 0.3) is 21.9 Å². The van der Waals surface area contributed by atoms with Gasteiger partial charge >= 0.3 is 0 Å². The first-order chi connectivity index (χ1) is 13.6. The van der Waals surface area contributed by atoms with Crippen molar-refractivity contribution in [3.05, 3.63) is 66.6 Å². The minimum atomic E-state index is -3.49. The van der Waals surface area contributed by atoms with Gasteiger partial charge < -0.3 is 4.98 Å². The summed E-state index contributed by atoms with van der Waals surface area (Å²) >= 11 is 0. The van der Waals surface area contributed by atoms with Crippen molar-refractivity contribution in [2.45, 2.75) is 23.7 Å². The van der Waals surface area contributed by atoms with E-state index in [-0.39, 0.29) is 5.92 Å². The standard InChI is InChI=1S/C21H20N4O2S/c26-28(27,18-6-5-15-3-1-2-4-17(15)13-18)25-11-8-16(9-12-25)19-7-10-22-21-20(19)23-14-24-21/h1-7,10,13-14,16H,8-9,11-12H2,(H,22,23,24). The maximum Gasteiger partial charge on any atom is 0.243 e. The second kappa shape index (κ2) is 6.68. The third-order valence-corrected chi connectivity index (χ3v) is 7.50. The summed E-state index contributed by atoms with van der Waals surface area (Å²) in [5, 5.41) is 1.98. The topological polar surface area (TPSA) is 79.0 Å². The van der Waals surface area contributed by atoms with Gasteiger partial charge in [0.1, 0.15) is 5.52 Å². The summed E-state index contributed by atoms with van der Waals surface area (Å²) in [6.07, 6.45) is 4.99. The average Bonchev–Trinajstić information content (AvgIpc) is 3.22. The van der Waals surface area contributed by atoms with E-state index in [1.54, 1.807) is 29.0 Å². The fourth-order valence-corrected chi connectivity index (χ4v) is 5.59. The van der Waals surface area contributed by atoms with E-state index in [4.69, 9.17) is 0 Å². The summed E-state index contributed by atoms with van der Waals surface area (Å²) in [6.45, 7) is 1.02. The number of aromatic nitrogens is 3. The molecule has 1 saturated heterocycles. The zero-order valence-electron chi connectivity index (χ0n) is 15.2. The van der Waals surface area contributed by atoms with Crippen LogP contribution in [-0.4, -0.2) is 40.8 Å². The molecule has 2 aromatic carbocycles. The van der Waals surface area contributed by atoms with E-state index < -0.39 is 10.0 Å². The minimum absolute atomic E-state index is 0.289. The van der Waals surface area contributed by atoms with Crippen LogP contribution in [0.4, 0.5) is 0 Å². The molecular formula is C21H20N4O2S. The van der Waals surface area contributed by atoms with E-state index in [1.807, 2.05) is 36.4 Å². The van der Waals surface area contributed by atoms with Crippen LogP contribution in [0.5, 0.6) is 0 Å². The molecule has 1 aliphatic heterocycles. The van der Waals surface area contributed by atoms with Gasteiger partial charge in [0.15, 0.2) is 5.65 Å². The first-order valence-corrected chi connectivity index (χ1v) is 10.8. The van der Waals surface area contributed by atoms with Crippen LogP contribution < -0.4 is 0 Å². The Hall–Kier alpha value is -2.77. The predicted molar refractivity (Wildman–Crippen MR) is 109 cm³/mol. The van der Waals surface area contributed by atoms with E-state index in [0.717, 1.165) is 40.3 Å². The van der Waals surface area contributed by atoms with Crippen molar-refractivity contribution in [2.75, 3.05) is 13.1 Å². The molecule has 1 fully saturated rings. The molecule has 5 rings (SSSR count). The van der Waals surface area contributed by atoms with E-state index >= 15 is 0 Å². The Bertz CT molecular complexity index is 1260.